The largest absolute Gasteiger partial charge is 0.480 e. The summed E-state index contributed by atoms with van der Waals surface area (Å²) < 4.78 is 72.9. The fraction of sp³-hybridized carbons (Fsp3) is 0.300. The molecule has 0 heterocycles. The van der Waals surface area contributed by atoms with Crippen LogP contribution in [0.15, 0.2) is 78.9 Å². The van der Waals surface area contributed by atoms with Crippen molar-refractivity contribution < 1.29 is 41.1 Å². The zero-order valence-electron chi connectivity index (χ0n) is 21.8. The lowest BCUT2D eigenvalue weighted by atomic mass is 9.84. The van der Waals surface area contributed by atoms with Crippen LogP contribution in [0.1, 0.15) is 37.4 Å². The smallest absolute Gasteiger partial charge is 0.450 e. The molecule has 3 rings (SSSR count). The summed E-state index contributed by atoms with van der Waals surface area (Å²) in [5.74, 6) is -8.27. The Kier molecular flexibility index (Phi) is 10.1. The maximum absolute atomic E-state index is 13.8. The molecule has 212 valence electrons. The van der Waals surface area contributed by atoms with Crippen molar-refractivity contribution in [1.29, 1.82) is 0 Å². The van der Waals surface area contributed by atoms with Crippen LogP contribution in [0.4, 0.5) is 22.0 Å². The third kappa shape index (κ3) is 8.46. The van der Waals surface area contributed by atoms with Crippen molar-refractivity contribution >= 4 is 17.5 Å². The fourth-order valence-corrected chi connectivity index (χ4v) is 4.18. The van der Waals surface area contributed by atoms with Crippen LogP contribution >= 0.6 is 0 Å². The standard InChI is InChI=1S/C30H28F5NO4/c1-18(2)24(28(38)30(33,34)35)17-25(37)27(20-11-7-4-8-12-20)36-29(39)26(13-19-9-5-3-6-10-19)40-23-15-21(31)14-22(32)16-23/h3-12,14-16,18,24,26-27H,13,17H2,1-2H3,(H,36,39)/t24-,26?,27-/m0/s1. The number of ketones is 2. The molecule has 0 aliphatic rings. The third-order valence-electron chi connectivity index (χ3n) is 6.25. The third-order valence-corrected chi connectivity index (χ3v) is 6.25. The van der Waals surface area contributed by atoms with Crippen LogP contribution < -0.4 is 10.1 Å². The van der Waals surface area contributed by atoms with Gasteiger partial charge in [-0.2, -0.15) is 13.2 Å². The van der Waals surface area contributed by atoms with Crippen LogP contribution in [0.3, 0.4) is 0 Å². The van der Waals surface area contributed by atoms with Crippen LogP contribution in [0.25, 0.3) is 0 Å². The molecule has 3 aromatic carbocycles. The summed E-state index contributed by atoms with van der Waals surface area (Å²) in [4.78, 5) is 38.9. The Morgan fingerprint density at radius 3 is 1.93 bits per heavy atom. The average Bonchev–Trinajstić information content (AvgIpc) is 2.89. The average molecular weight is 562 g/mol. The van der Waals surface area contributed by atoms with E-state index in [0.717, 1.165) is 12.1 Å². The first-order valence-corrected chi connectivity index (χ1v) is 12.5. The van der Waals surface area contributed by atoms with Gasteiger partial charge in [-0.05, 0) is 17.0 Å². The van der Waals surface area contributed by atoms with Gasteiger partial charge in [0.15, 0.2) is 11.9 Å². The van der Waals surface area contributed by atoms with E-state index in [1.807, 2.05) is 0 Å². The number of Topliss-reactive ketones (excluding diaryl/α,β-unsaturated/α-hetero) is 2. The number of hydrogen-bond acceptors (Lipinski definition) is 4. The second-order valence-corrected chi connectivity index (χ2v) is 9.64. The summed E-state index contributed by atoms with van der Waals surface area (Å²) >= 11 is 0. The first-order chi connectivity index (χ1) is 18.8. The molecule has 3 atom stereocenters. The quantitative estimate of drug-likeness (QED) is 0.268. The van der Waals surface area contributed by atoms with Gasteiger partial charge in [-0.3, -0.25) is 14.4 Å². The van der Waals surface area contributed by atoms with Crippen LogP contribution in [-0.2, 0) is 20.8 Å². The van der Waals surface area contributed by atoms with E-state index in [4.69, 9.17) is 4.74 Å². The molecule has 0 aliphatic heterocycles. The first-order valence-electron chi connectivity index (χ1n) is 12.5. The van der Waals surface area contributed by atoms with Gasteiger partial charge in [0.2, 0.25) is 5.78 Å². The zero-order valence-corrected chi connectivity index (χ0v) is 21.8. The van der Waals surface area contributed by atoms with Gasteiger partial charge in [0, 0.05) is 37.0 Å². The lowest BCUT2D eigenvalue weighted by Crippen LogP contribution is -2.45. The SMILES string of the molecule is CC(C)[C@H](CC(=O)[C@@H](NC(=O)C(Cc1ccccc1)Oc1cc(F)cc(F)c1)c1ccccc1)C(=O)C(F)(F)F. The molecule has 1 amide bonds. The lowest BCUT2D eigenvalue weighted by molar-refractivity contribution is -0.177. The monoisotopic (exact) mass is 561 g/mol. The van der Waals surface area contributed by atoms with E-state index in [1.165, 1.54) is 26.0 Å². The van der Waals surface area contributed by atoms with E-state index in [9.17, 15) is 36.3 Å². The molecular weight excluding hydrogens is 533 g/mol. The van der Waals surface area contributed by atoms with Crippen LogP contribution in [0.5, 0.6) is 5.75 Å². The molecule has 0 saturated carbocycles. The highest BCUT2D eigenvalue weighted by Crippen LogP contribution is 2.30. The van der Waals surface area contributed by atoms with E-state index in [1.54, 1.807) is 48.5 Å². The molecule has 3 aromatic rings. The zero-order chi connectivity index (χ0) is 29.4. The van der Waals surface area contributed by atoms with Gasteiger partial charge in [-0.15, -0.1) is 0 Å². The van der Waals surface area contributed by atoms with E-state index >= 15 is 0 Å². The Bertz CT molecular complexity index is 1290. The van der Waals surface area contributed by atoms with Gasteiger partial charge in [-0.25, -0.2) is 8.78 Å². The predicted octanol–water partition coefficient (Wildman–Crippen LogP) is 6.18. The van der Waals surface area contributed by atoms with Gasteiger partial charge in [0.25, 0.3) is 5.91 Å². The second kappa shape index (κ2) is 13.3. The van der Waals surface area contributed by atoms with Gasteiger partial charge in [0.05, 0.1) is 0 Å². The number of halogens is 5. The summed E-state index contributed by atoms with van der Waals surface area (Å²) in [5, 5.41) is 2.53. The molecule has 0 radical (unpaired) electrons. The molecule has 0 fully saturated rings. The molecule has 0 saturated heterocycles. The summed E-state index contributed by atoms with van der Waals surface area (Å²) in [5.41, 5.74) is 0.913. The van der Waals surface area contributed by atoms with E-state index in [-0.39, 0.29) is 17.7 Å². The van der Waals surface area contributed by atoms with Crippen molar-refractivity contribution in [2.45, 2.75) is 45.0 Å². The van der Waals surface area contributed by atoms with Gasteiger partial charge in [-0.1, -0.05) is 74.5 Å². The van der Waals surface area contributed by atoms with Crippen molar-refractivity contribution in [1.82, 2.24) is 5.32 Å². The van der Waals surface area contributed by atoms with Crippen molar-refractivity contribution in [2.24, 2.45) is 11.8 Å². The Hall–Kier alpha value is -4.08. The highest BCUT2D eigenvalue weighted by Gasteiger charge is 2.45. The van der Waals surface area contributed by atoms with Gasteiger partial charge < -0.3 is 10.1 Å². The minimum atomic E-state index is -5.13. The van der Waals surface area contributed by atoms with Crippen molar-refractivity contribution in [2.75, 3.05) is 0 Å². The molecule has 0 aliphatic carbocycles. The van der Waals surface area contributed by atoms with Crippen molar-refractivity contribution in [3.63, 3.8) is 0 Å². The summed E-state index contributed by atoms with van der Waals surface area (Å²) in [7, 11) is 0. The summed E-state index contributed by atoms with van der Waals surface area (Å²) in [6.45, 7) is 2.80. The van der Waals surface area contributed by atoms with E-state index < -0.39 is 65.7 Å². The normalized spacial score (nSPS) is 13.8. The minimum absolute atomic E-state index is 0.0539. The number of rotatable bonds is 12. The molecule has 1 unspecified atom stereocenters. The summed E-state index contributed by atoms with van der Waals surface area (Å²) in [6.07, 6.45) is -7.33. The number of alkyl halides is 3. The number of carbonyl (C=O) groups is 3. The molecular formula is C30H28F5NO4. The Morgan fingerprint density at radius 2 is 1.40 bits per heavy atom. The molecule has 0 bridgehead atoms. The first kappa shape index (κ1) is 30.5. The number of amides is 1. The maximum atomic E-state index is 13.8. The Balaban J connectivity index is 1.92. The van der Waals surface area contributed by atoms with Gasteiger partial charge in [0.1, 0.15) is 23.4 Å². The predicted molar refractivity (Wildman–Crippen MR) is 137 cm³/mol. The lowest BCUT2D eigenvalue weighted by Gasteiger charge is -2.26. The fourth-order valence-electron chi connectivity index (χ4n) is 4.18. The Labute approximate surface area is 228 Å². The van der Waals surface area contributed by atoms with Crippen LogP contribution in [-0.4, -0.2) is 29.8 Å². The summed E-state index contributed by atoms with van der Waals surface area (Å²) in [6, 6.07) is 17.4. The molecule has 1 N–H and O–H groups in total. The number of nitrogens with one attached hydrogen (secondary N) is 1. The molecule has 5 nitrogen and oxygen atoms in total. The van der Waals surface area contributed by atoms with Crippen molar-refractivity contribution in [3.05, 3.63) is 102 Å². The van der Waals surface area contributed by atoms with E-state index in [2.05, 4.69) is 5.32 Å². The second-order valence-electron chi connectivity index (χ2n) is 9.64. The number of carbonyl (C=O) groups excluding carboxylic acids is 3. The topological polar surface area (TPSA) is 72.5 Å². The molecule has 0 spiro atoms. The van der Waals surface area contributed by atoms with E-state index in [0.29, 0.717) is 11.6 Å². The minimum Gasteiger partial charge on any atom is -0.480 e. The highest BCUT2D eigenvalue weighted by atomic mass is 19.4. The Morgan fingerprint density at radius 1 is 0.850 bits per heavy atom. The number of hydrogen-bond donors (Lipinski definition) is 1. The number of ether oxygens (including phenoxy) is 1. The van der Waals surface area contributed by atoms with Crippen LogP contribution in [0, 0.1) is 23.5 Å². The molecule has 10 heteroatoms. The highest BCUT2D eigenvalue weighted by molar-refractivity contribution is 5.95. The number of benzene rings is 3. The molecule has 40 heavy (non-hydrogen) atoms. The van der Waals surface area contributed by atoms with Crippen LogP contribution in [0.2, 0.25) is 0 Å². The maximum Gasteiger partial charge on any atom is 0.450 e. The van der Waals surface area contributed by atoms with Gasteiger partial charge >= 0.3 is 6.18 Å². The molecule has 0 aromatic heterocycles. The van der Waals surface area contributed by atoms with Crippen molar-refractivity contribution in [3.8, 4) is 5.75 Å².